The quantitative estimate of drug-likeness (QED) is 0.616. The maximum Gasteiger partial charge on any atom is 0.275 e. The summed E-state index contributed by atoms with van der Waals surface area (Å²) in [7, 11) is 0. The molecule has 1 aromatic rings. The van der Waals surface area contributed by atoms with Crippen molar-refractivity contribution in [2.75, 3.05) is 0 Å². The van der Waals surface area contributed by atoms with E-state index in [2.05, 4.69) is 0 Å². The van der Waals surface area contributed by atoms with Gasteiger partial charge in [-0.25, -0.2) is 0 Å². The molecule has 1 aliphatic heterocycles. The molecule has 0 radical (unpaired) electrons. The lowest BCUT2D eigenvalue weighted by atomic mass is 10.0. The van der Waals surface area contributed by atoms with Gasteiger partial charge in [0.15, 0.2) is 5.79 Å². The molecule has 1 aromatic carbocycles. The van der Waals surface area contributed by atoms with Crippen molar-refractivity contribution in [3.05, 3.63) is 39.9 Å². The van der Waals surface area contributed by atoms with Gasteiger partial charge in [0.1, 0.15) is 6.10 Å². The predicted octanol–water partition coefficient (Wildman–Crippen LogP) is 3.59. The SMILES string of the molecule is CCC1(CC)O[C@H](C)[C@H](c2ccccc2[N+](=O)[O-])O1. The summed E-state index contributed by atoms with van der Waals surface area (Å²) in [5, 5.41) is 11.1. The van der Waals surface area contributed by atoms with Crippen LogP contribution in [-0.4, -0.2) is 16.8 Å². The third-order valence-corrected chi connectivity index (χ3v) is 3.69. The minimum atomic E-state index is -0.617. The average molecular weight is 265 g/mol. The van der Waals surface area contributed by atoms with Gasteiger partial charge in [0.2, 0.25) is 0 Å². The fraction of sp³-hybridized carbons (Fsp3) is 0.571. The molecule has 104 valence electrons. The molecule has 5 nitrogen and oxygen atoms in total. The van der Waals surface area contributed by atoms with Crippen LogP contribution in [0.3, 0.4) is 0 Å². The van der Waals surface area contributed by atoms with Crippen LogP contribution in [0, 0.1) is 10.1 Å². The van der Waals surface area contributed by atoms with Crippen LogP contribution in [0.1, 0.15) is 45.3 Å². The van der Waals surface area contributed by atoms with E-state index in [4.69, 9.17) is 9.47 Å². The highest BCUT2D eigenvalue weighted by atomic mass is 16.8. The second-order valence-electron chi connectivity index (χ2n) is 4.80. The number of ether oxygens (including phenoxy) is 2. The van der Waals surface area contributed by atoms with Crippen molar-refractivity contribution in [2.24, 2.45) is 0 Å². The maximum atomic E-state index is 11.1. The highest BCUT2D eigenvalue weighted by Crippen LogP contribution is 2.44. The number of nitro groups is 1. The molecule has 1 heterocycles. The molecule has 0 aliphatic carbocycles. The summed E-state index contributed by atoms with van der Waals surface area (Å²) in [4.78, 5) is 10.7. The first-order chi connectivity index (χ1) is 9.03. The van der Waals surface area contributed by atoms with Crippen LogP contribution in [-0.2, 0) is 9.47 Å². The Balaban J connectivity index is 2.36. The zero-order chi connectivity index (χ0) is 14.0. The monoisotopic (exact) mass is 265 g/mol. The lowest BCUT2D eigenvalue weighted by Crippen LogP contribution is -2.28. The molecule has 19 heavy (non-hydrogen) atoms. The third kappa shape index (κ3) is 2.48. The highest BCUT2D eigenvalue weighted by Gasteiger charge is 2.45. The molecule has 0 N–H and O–H groups in total. The minimum Gasteiger partial charge on any atom is -0.344 e. The zero-order valence-corrected chi connectivity index (χ0v) is 11.5. The molecule has 0 saturated carbocycles. The van der Waals surface area contributed by atoms with Crippen LogP contribution < -0.4 is 0 Å². The standard InChI is InChI=1S/C14H19NO4/c1-4-14(5-2)18-10(3)13(19-14)11-8-6-7-9-12(11)15(16)17/h6-10,13H,4-5H2,1-3H3/t10-,13-/m1/s1. The Bertz CT molecular complexity index is 470. The van der Waals surface area contributed by atoms with Crippen molar-refractivity contribution in [3.63, 3.8) is 0 Å². The summed E-state index contributed by atoms with van der Waals surface area (Å²) in [6.45, 7) is 5.89. The van der Waals surface area contributed by atoms with E-state index in [9.17, 15) is 10.1 Å². The summed E-state index contributed by atoms with van der Waals surface area (Å²) in [6, 6.07) is 6.69. The van der Waals surface area contributed by atoms with E-state index in [1.165, 1.54) is 6.07 Å². The van der Waals surface area contributed by atoms with Crippen LogP contribution in [0.5, 0.6) is 0 Å². The molecule has 5 heteroatoms. The van der Waals surface area contributed by atoms with E-state index in [0.717, 1.165) is 12.8 Å². The first kappa shape index (κ1) is 14.0. The van der Waals surface area contributed by atoms with Crippen molar-refractivity contribution in [2.45, 2.75) is 51.6 Å². The van der Waals surface area contributed by atoms with Gasteiger partial charge >= 0.3 is 0 Å². The molecule has 2 rings (SSSR count). The number of rotatable bonds is 4. The van der Waals surface area contributed by atoms with E-state index in [1.807, 2.05) is 20.8 Å². The van der Waals surface area contributed by atoms with Gasteiger partial charge in [-0.1, -0.05) is 26.0 Å². The Morgan fingerprint density at radius 2 is 1.89 bits per heavy atom. The third-order valence-electron chi connectivity index (χ3n) is 3.69. The van der Waals surface area contributed by atoms with Crippen molar-refractivity contribution in [3.8, 4) is 0 Å². The first-order valence-corrected chi connectivity index (χ1v) is 6.62. The Hall–Kier alpha value is -1.46. The van der Waals surface area contributed by atoms with Crippen LogP contribution in [0.25, 0.3) is 0 Å². The van der Waals surface area contributed by atoms with E-state index >= 15 is 0 Å². The molecular weight excluding hydrogens is 246 g/mol. The van der Waals surface area contributed by atoms with Gasteiger partial charge in [-0.3, -0.25) is 10.1 Å². The molecule has 0 aromatic heterocycles. The molecule has 1 aliphatic rings. The number of hydrogen-bond acceptors (Lipinski definition) is 4. The highest BCUT2D eigenvalue weighted by molar-refractivity contribution is 5.42. The van der Waals surface area contributed by atoms with E-state index < -0.39 is 5.79 Å². The minimum absolute atomic E-state index is 0.0888. The van der Waals surface area contributed by atoms with Crippen LogP contribution in [0.2, 0.25) is 0 Å². The second kappa shape index (κ2) is 5.27. The topological polar surface area (TPSA) is 61.6 Å². The lowest BCUT2D eigenvalue weighted by molar-refractivity contribution is -0.386. The number of para-hydroxylation sites is 1. The van der Waals surface area contributed by atoms with Gasteiger partial charge in [0, 0.05) is 6.07 Å². The Labute approximate surface area is 112 Å². The van der Waals surface area contributed by atoms with Gasteiger partial charge in [0.05, 0.1) is 16.6 Å². The van der Waals surface area contributed by atoms with Crippen molar-refractivity contribution in [1.29, 1.82) is 0 Å². The molecule has 2 atom stereocenters. The summed E-state index contributed by atoms with van der Waals surface area (Å²) in [5.41, 5.74) is 0.676. The number of nitrogens with zero attached hydrogens (tertiary/aromatic N) is 1. The molecular formula is C14H19NO4. The lowest BCUT2D eigenvalue weighted by Gasteiger charge is -2.25. The van der Waals surface area contributed by atoms with Gasteiger partial charge in [-0.2, -0.15) is 0 Å². The summed E-state index contributed by atoms with van der Waals surface area (Å²) in [6.07, 6.45) is 0.873. The molecule has 0 unspecified atom stereocenters. The van der Waals surface area contributed by atoms with Crippen LogP contribution >= 0.6 is 0 Å². The van der Waals surface area contributed by atoms with E-state index in [0.29, 0.717) is 5.56 Å². The fourth-order valence-corrected chi connectivity index (χ4v) is 2.55. The molecule has 0 bridgehead atoms. The second-order valence-corrected chi connectivity index (χ2v) is 4.80. The largest absolute Gasteiger partial charge is 0.344 e. The fourth-order valence-electron chi connectivity index (χ4n) is 2.55. The summed E-state index contributed by atoms with van der Waals surface area (Å²) >= 11 is 0. The van der Waals surface area contributed by atoms with Crippen molar-refractivity contribution >= 4 is 5.69 Å². The molecule has 0 spiro atoms. The Morgan fingerprint density at radius 1 is 1.26 bits per heavy atom. The first-order valence-electron chi connectivity index (χ1n) is 6.62. The Kier molecular flexibility index (Phi) is 3.87. The molecule has 1 fully saturated rings. The van der Waals surface area contributed by atoms with Gasteiger partial charge in [0.25, 0.3) is 5.69 Å². The van der Waals surface area contributed by atoms with Crippen molar-refractivity contribution < 1.29 is 14.4 Å². The average Bonchev–Trinajstić information content (AvgIpc) is 2.76. The maximum absolute atomic E-state index is 11.1. The smallest absolute Gasteiger partial charge is 0.275 e. The number of hydrogen-bond donors (Lipinski definition) is 0. The number of benzene rings is 1. The summed E-state index contributed by atoms with van der Waals surface area (Å²) < 4.78 is 11.9. The molecule has 0 amide bonds. The predicted molar refractivity (Wildman–Crippen MR) is 70.8 cm³/mol. The van der Waals surface area contributed by atoms with Crippen LogP contribution in [0.15, 0.2) is 24.3 Å². The zero-order valence-electron chi connectivity index (χ0n) is 11.5. The number of nitro benzene ring substituents is 1. The molecule has 1 saturated heterocycles. The van der Waals surface area contributed by atoms with Gasteiger partial charge < -0.3 is 9.47 Å². The van der Waals surface area contributed by atoms with Gasteiger partial charge in [-0.05, 0) is 25.8 Å². The van der Waals surface area contributed by atoms with Gasteiger partial charge in [-0.15, -0.1) is 0 Å². The van der Waals surface area contributed by atoms with Crippen molar-refractivity contribution in [1.82, 2.24) is 0 Å². The van der Waals surface area contributed by atoms with E-state index in [-0.39, 0.29) is 22.8 Å². The summed E-state index contributed by atoms with van der Waals surface area (Å²) in [5.74, 6) is -0.617. The van der Waals surface area contributed by atoms with Crippen LogP contribution in [0.4, 0.5) is 5.69 Å². The van der Waals surface area contributed by atoms with E-state index in [1.54, 1.807) is 18.2 Å². The Morgan fingerprint density at radius 3 is 2.42 bits per heavy atom. The normalized spacial score (nSPS) is 25.4.